The molecule has 1 nitrogen and oxygen atoms in total. The number of fused-ring (bicyclic) bond motifs is 1. The first-order chi connectivity index (χ1) is 7.18. The molecule has 2 aromatic rings. The highest BCUT2D eigenvalue weighted by atomic mass is 32.1. The second-order valence-corrected chi connectivity index (χ2v) is 4.53. The SMILES string of the molecule is CC.Cc1ccc2snc(C(C)C)c2c1. The van der Waals surface area contributed by atoms with E-state index < -0.39 is 0 Å². The van der Waals surface area contributed by atoms with E-state index in [1.807, 2.05) is 13.8 Å². The van der Waals surface area contributed by atoms with Crippen LogP contribution in [0.15, 0.2) is 18.2 Å². The molecule has 0 fully saturated rings. The van der Waals surface area contributed by atoms with Crippen molar-refractivity contribution in [2.45, 2.75) is 40.5 Å². The number of rotatable bonds is 1. The average molecular weight is 221 g/mol. The number of aryl methyl sites for hydroxylation is 1. The van der Waals surface area contributed by atoms with Crippen LogP contribution < -0.4 is 0 Å². The van der Waals surface area contributed by atoms with E-state index in [1.54, 1.807) is 11.5 Å². The Labute approximate surface area is 96.3 Å². The van der Waals surface area contributed by atoms with E-state index in [1.165, 1.54) is 21.3 Å². The number of nitrogens with zero attached hydrogens (tertiary/aromatic N) is 1. The summed E-state index contributed by atoms with van der Waals surface area (Å²) in [6.07, 6.45) is 0. The van der Waals surface area contributed by atoms with E-state index >= 15 is 0 Å². The summed E-state index contributed by atoms with van der Waals surface area (Å²) >= 11 is 1.60. The first-order valence-electron chi connectivity index (χ1n) is 5.54. The van der Waals surface area contributed by atoms with Crippen molar-refractivity contribution in [3.8, 4) is 0 Å². The van der Waals surface area contributed by atoms with E-state index in [0.717, 1.165) is 0 Å². The largest absolute Gasteiger partial charge is 0.196 e. The fraction of sp³-hybridized carbons (Fsp3) is 0.462. The summed E-state index contributed by atoms with van der Waals surface area (Å²) in [5, 5.41) is 1.33. The predicted octanol–water partition coefficient (Wildman–Crippen LogP) is 4.75. The predicted molar refractivity (Wildman–Crippen MR) is 69.8 cm³/mol. The zero-order valence-corrected chi connectivity index (χ0v) is 11.0. The van der Waals surface area contributed by atoms with Crippen LogP contribution in [0.5, 0.6) is 0 Å². The third kappa shape index (κ3) is 2.57. The van der Waals surface area contributed by atoms with Gasteiger partial charge in [0.2, 0.25) is 0 Å². The molecule has 0 aliphatic rings. The lowest BCUT2D eigenvalue weighted by atomic mass is 10.1. The zero-order chi connectivity index (χ0) is 11.4. The molecule has 1 heterocycles. The molecule has 2 heteroatoms. The summed E-state index contributed by atoms with van der Waals surface area (Å²) < 4.78 is 5.78. The highest BCUT2D eigenvalue weighted by Gasteiger charge is 2.08. The quantitative estimate of drug-likeness (QED) is 0.677. The standard InChI is InChI=1S/C11H13NS.C2H6/c1-7(2)11-9-6-8(3)4-5-10(9)13-12-11;1-2/h4-7H,1-3H3;1-2H3. The Balaban J connectivity index is 0.000000531. The topological polar surface area (TPSA) is 12.9 Å². The molecule has 0 unspecified atom stereocenters. The van der Waals surface area contributed by atoms with Crippen molar-refractivity contribution in [2.24, 2.45) is 0 Å². The van der Waals surface area contributed by atoms with Crippen molar-refractivity contribution in [3.05, 3.63) is 29.5 Å². The fourth-order valence-electron chi connectivity index (χ4n) is 1.49. The molecule has 2 rings (SSSR count). The second-order valence-electron chi connectivity index (χ2n) is 3.72. The van der Waals surface area contributed by atoms with Gasteiger partial charge in [0.1, 0.15) is 0 Å². The van der Waals surface area contributed by atoms with Crippen LogP contribution in [0.2, 0.25) is 0 Å². The van der Waals surface area contributed by atoms with E-state index in [9.17, 15) is 0 Å². The van der Waals surface area contributed by atoms with E-state index in [0.29, 0.717) is 5.92 Å². The molecule has 0 aliphatic heterocycles. The van der Waals surface area contributed by atoms with Crippen LogP contribution in [0.1, 0.15) is 44.9 Å². The van der Waals surface area contributed by atoms with Crippen molar-refractivity contribution >= 4 is 21.6 Å². The number of hydrogen-bond acceptors (Lipinski definition) is 2. The first kappa shape index (κ1) is 12.2. The van der Waals surface area contributed by atoms with Crippen molar-refractivity contribution in [1.29, 1.82) is 0 Å². The van der Waals surface area contributed by atoms with Crippen molar-refractivity contribution in [1.82, 2.24) is 4.37 Å². The van der Waals surface area contributed by atoms with Crippen molar-refractivity contribution in [2.75, 3.05) is 0 Å². The Morgan fingerprint density at radius 3 is 2.47 bits per heavy atom. The van der Waals surface area contributed by atoms with Gasteiger partial charge >= 0.3 is 0 Å². The Hall–Kier alpha value is -0.890. The van der Waals surface area contributed by atoms with Crippen LogP contribution >= 0.6 is 11.5 Å². The van der Waals surface area contributed by atoms with Gasteiger partial charge in [-0.05, 0) is 36.5 Å². The molecule has 1 aromatic carbocycles. The third-order valence-electron chi connectivity index (χ3n) is 2.20. The van der Waals surface area contributed by atoms with Gasteiger partial charge in [0.15, 0.2) is 0 Å². The zero-order valence-electron chi connectivity index (χ0n) is 10.2. The van der Waals surface area contributed by atoms with Gasteiger partial charge in [-0.25, -0.2) is 0 Å². The fourth-order valence-corrected chi connectivity index (χ4v) is 2.38. The molecule has 0 aliphatic carbocycles. The molecule has 1 aromatic heterocycles. The molecule has 0 spiro atoms. The van der Waals surface area contributed by atoms with Crippen LogP contribution in [0, 0.1) is 6.92 Å². The molecule has 0 atom stereocenters. The highest BCUT2D eigenvalue weighted by Crippen LogP contribution is 2.28. The van der Waals surface area contributed by atoms with Gasteiger partial charge in [-0.1, -0.05) is 39.3 Å². The third-order valence-corrected chi connectivity index (χ3v) is 3.04. The number of hydrogen-bond donors (Lipinski definition) is 0. The lowest BCUT2D eigenvalue weighted by Crippen LogP contribution is -1.86. The minimum Gasteiger partial charge on any atom is -0.196 e. The smallest absolute Gasteiger partial charge is 0.0646 e. The first-order valence-corrected chi connectivity index (χ1v) is 6.32. The van der Waals surface area contributed by atoms with Gasteiger partial charge in [0, 0.05) is 5.39 Å². The number of aromatic nitrogens is 1. The second kappa shape index (κ2) is 5.26. The van der Waals surface area contributed by atoms with Gasteiger partial charge in [-0.15, -0.1) is 0 Å². The van der Waals surface area contributed by atoms with Gasteiger partial charge in [0.25, 0.3) is 0 Å². The van der Waals surface area contributed by atoms with Crippen LogP contribution in [0.3, 0.4) is 0 Å². The van der Waals surface area contributed by atoms with E-state index in [2.05, 4.69) is 43.3 Å². The van der Waals surface area contributed by atoms with Crippen LogP contribution in [-0.4, -0.2) is 4.37 Å². The molecule has 0 saturated heterocycles. The molecule has 82 valence electrons. The minimum atomic E-state index is 0.524. The van der Waals surface area contributed by atoms with Gasteiger partial charge in [-0.2, -0.15) is 4.37 Å². The van der Waals surface area contributed by atoms with Crippen LogP contribution in [-0.2, 0) is 0 Å². The van der Waals surface area contributed by atoms with E-state index in [4.69, 9.17) is 0 Å². The normalized spacial score (nSPS) is 10.3. The summed E-state index contributed by atoms with van der Waals surface area (Å²) in [6, 6.07) is 6.53. The molecule has 0 saturated carbocycles. The summed E-state index contributed by atoms with van der Waals surface area (Å²) in [6.45, 7) is 10.5. The van der Waals surface area contributed by atoms with Gasteiger partial charge < -0.3 is 0 Å². The number of benzene rings is 1. The van der Waals surface area contributed by atoms with E-state index in [-0.39, 0.29) is 0 Å². The van der Waals surface area contributed by atoms with Crippen molar-refractivity contribution < 1.29 is 0 Å². The lowest BCUT2D eigenvalue weighted by molar-refractivity contribution is 0.849. The molecule has 15 heavy (non-hydrogen) atoms. The average Bonchev–Trinajstić information content (AvgIpc) is 2.63. The lowest BCUT2D eigenvalue weighted by Gasteiger charge is -2.00. The summed E-state index contributed by atoms with van der Waals surface area (Å²) in [5.74, 6) is 0.524. The van der Waals surface area contributed by atoms with Gasteiger partial charge in [-0.3, -0.25) is 0 Å². The highest BCUT2D eigenvalue weighted by molar-refractivity contribution is 7.13. The summed E-state index contributed by atoms with van der Waals surface area (Å²) in [7, 11) is 0. The molecular formula is C13H19NS. The monoisotopic (exact) mass is 221 g/mol. The molecule has 0 amide bonds. The Morgan fingerprint density at radius 1 is 1.20 bits per heavy atom. The molecule has 0 radical (unpaired) electrons. The van der Waals surface area contributed by atoms with Crippen molar-refractivity contribution in [3.63, 3.8) is 0 Å². The summed E-state index contributed by atoms with van der Waals surface area (Å²) in [4.78, 5) is 0. The Morgan fingerprint density at radius 2 is 1.87 bits per heavy atom. The van der Waals surface area contributed by atoms with Gasteiger partial charge in [0.05, 0.1) is 10.4 Å². The maximum absolute atomic E-state index is 4.48. The Kier molecular flexibility index (Phi) is 4.28. The summed E-state index contributed by atoms with van der Waals surface area (Å²) in [5.41, 5.74) is 2.55. The minimum absolute atomic E-state index is 0.524. The maximum Gasteiger partial charge on any atom is 0.0646 e. The Bertz CT molecular complexity index is 429. The van der Waals surface area contributed by atoms with Crippen LogP contribution in [0.4, 0.5) is 0 Å². The molecule has 0 N–H and O–H groups in total. The maximum atomic E-state index is 4.48. The van der Waals surface area contributed by atoms with Crippen LogP contribution in [0.25, 0.3) is 10.1 Å². The molecular weight excluding hydrogens is 202 g/mol. The molecule has 0 bridgehead atoms.